The summed E-state index contributed by atoms with van der Waals surface area (Å²) in [5.41, 5.74) is 0. The van der Waals surface area contributed by atoms with Crippen molar-refractivity contribution in [1.82, 2.24) is 10.3 Å². The minimum Gasteiger partial charge on any atom is -0.443 e. The van der Waals surface area contributed by atoms with Crippen LogP contribution in [0.2, 0.25) is 0 Å². The van der Waals surface area contributed by atoms with Gasteiger partial charge >= 0.3 is 0 Å². The van der Waals surface area contributed by atoms with E-state index in [1.54, 1.807) is 6.20 Å². The van der Waals surface area contributed by atoms with Gasteiger partial charge < -0.3 is 14.5 Å². The Bertz CT molecular complexity index is 311. The van der Waals surface area contributed by atoms with Crippen molar-refractivity contribution in [3.05, 3.63) is 17.8 Å². The number of oxazole rings is 1. The molecule has 1 saturated heterocycles. The number of nitrogens with one attached hydrogen (secondary N) is 1. The van der Waals surface area contributed by atoms with E-state index in [1.807, 2.05) is 7.05 Å². The lowest BCUT2D eigenvalue weighted by molar-refractivity contribution is 0.0417. The largest absolute Gasteiger partial charge is 0.443 e. The molecule has 4 nitrogen and oxygen atoms in total. The fourth-order valence-corrected chi connectivity index (χ4v) is 1.83. The topological polar surface area (TPSA) is 47.3 Å². The SMILES string of the molecule is CNCCc1ncc(C2CCC(C)O2)o1. The molecule has 0 saturated carbocycles. The smallest absolute Gasteiger partial charge is 0.195 e. The first-order valence-electron chi connectivity index (χ1n) is 5.54. The van der Waals surface area contributed by atoms with Crippen LogP contribution in [0.3, 0.4) is 0 Å². The molecule has 1 aliphatic heterocycles. The molecule has 1 N–H and O–H groups in total. The summed E-state index contributed by atoms with van der Waals surface area (Å²) in [6, 6.07) is 0. The molecule has 4 heteroatoms. The number of ether oxygens (including phenoxy) is 1. The molecule has 0 amide bonds. The number of rotatable bonds is 4. The van der Waals surface area contributed by atoms with E-state index in [2.05, 4.69) is 17.2 Å². The highest BCUT2D eigenvalue weighted by molar-refractivity contribution is 5.00. The molecular formula is C11H18N2O2. The zero-order chi connectivity index (χ0) is 10.7. The molecule has 1 aromatic rings. The van der Waals surface area contributed by atoms with Crippen molar-refractivity contribution in [2.45, 2.75) is 38.4 Å². The molecule has 1 fully saturated rings. The van der Waals surface area contributed by atoms with Gasteiger partial charge in [0.15, 0.2) is 11.7 Å². The maximum atomic E-state index is 5.72. The van der Waals surface area contributed by atoms with Gasteiger partial charge in [0.25, 0.3) is 0 Å². The molecule has 84 valence electrons. The summed E-state index contributed by atoms with van der Waals surface area (Å²) >= 11 is 0. The summed E-state index contributed by atoms with van der Waals surface area (Å²) in [4.78, 5) is 4.24. The monoisotopic (exact) mass is 210 g/mol. The van der Waals surface area contributed by atoms with E-state index >= 15 is 0 Å². The molecule has 2 heterocycles. The van der Waals surface area contributed by atoms with Gasteiger partial charge in [-0.2, -0.15) is 0 Å². The van der Waals surface area contributed by atoms with Gasteiger partial charge in [0.05, 0.1) is 12.3 Å². The number of hydrogen-bond donors (Lipinski definition) is 1. The van der Waals surface area contributed by atoms with Crippen molar-refractivity contribution in [1.29, 1.82) is 0 Å². The van der Waals surface area contributed by atoms with Crippen LogP contribution < -0.4 is 5.32 Å². The molecule has 0 radical (unpaired) electrons. The summed E-state index contributed by atoms with van der Waals surface area (Å²) in [7, 11) is 1.92. The molecule has 0 aromatic carbocycles. The first kappa shape index (κ1) is 10.6. The second-order valence-corrected chi connectivity index (χ2v) is 4.02. The van der Waals surface area contributed by atoms with E-state index in [1.165, 1.54) is 0 Å². The van der Waals surface area contributed by atoms with E-state index in [-0.39, 0.29) is 6.10 Å². The lowest BCUT2D eigenvalue weighted by Gasteiger charge is -2.06. The Kier molecular flexibility index (Phi) is 3.38. The van der Waals surface area contributed by atoms with Crippen molar-refractivity contribution in [2.24, 2.45) is 0 Å². The third-order valence-corrected chi connectivity index (χ3v) is 2.71. The molecule has 2 unspecified atom stereocenters. The zero-order valence-electron chi connectivity index (χ0n) is 9.32. The third-order valence-electron chi connectivity index (χ3n) is 2.71. The van der Waals surface area contributed by atoms with Gasteiger partial charge in [0, 0.05) is 13.0 Å². The fraction of sp³-hybridized carbons (Fsp3) is 0.727. The van der Waals surface area contributed by atoms with Crippen LogP contribution in [0.25, 0.3) is 0 Å². The van der Waals surface area contributed by atoms with Gasteiger partial charge in [-0.25, -0.2) is 4.98 Å². The lowest BCUT2D eigenvalue weighted by Crippen LogP contribution is -2.10. The van der Waals surface area contributed by atoms with Crippen molar-refractivity contribution >= 4 is 0 Å². The van der Waals surface area contributed by atoms with Crippen molar-refractivity contribution in [3.8, 4) is 0 Å². The molecule has 1 aliphatic rings. The first-order chi connectivity index (χ1) is 7.29. The van der Waals surface area contributed by atoms with Gasteiger partial charge in [-0.1, -0.05) is 0 Å². The summed E-state index contributed by atoms with van der Waals surface area (Å²) in [5.74, 6) is 1.67. The van der Waals surface area contributed by atoms with Gasteiger partial charge in [-0.05, 0) is 26.8 Å². The van der Waals surface area contributed by atoms with Gasteiger partial charge in [-0.15, -0.1) is 0 Å². The second-order valence-electron chi connectivity index (χ2n) is 4.02. The average molecular weight is 210 g/mol. The molecule has 0 aliphatic carbocycles. The second kappa shape index (κ2) is 4.77. The number of aromatic nitrogens is 1. The minimum absolute atomic E-state index is 0.121. The standard InChI is InChI=1S/C11H18N2O2/c1-8-3-4-9(14-8)10-7-13-11(15-10)5-6-12-2/h7-9,12H,3-6H2,1-2H3. The first-order valence-corrected chi connectivity index (χ1v) is 5.54. The predicted molar refractivity (Wildman–Crippen MR) is 56.7 cm³/mol. The maximum absolute atomic E-state index is 5.72. The van der Waals surface area contributed by atoms with E-state index in [4.69, 9.17) is 9.15 Å². The Morgan fingerprint density at radius 2 is 2.40 bits per heavy atom. The van der Waals surface area contributed by atoms with Crippen LogP contribution in [-0.4, -0.2) is 24.7 Å². The maximum Gasteiger partial charge on any atom is 0.195 e. The Morgan fingerprint density at radius 3 is 3.07 bits per heavy atom. The Hall–Kier alpha value is -0.870. The van der Waals surface area contributed by atoms with Crippen LogP contribution in [0.15, 0.2) is 10.6 Å². The van der Waals surface area contributed by atoms with Crippen LogP contribution in [0.5, 0.6) is 0 Å². The Morgan fingerprint density at radius 1 is 1.53 bits per heavy atom. The van der Waals surface area contributed by atoms with Gasteiger partial charge in [-0.3, -0.25) is 0 Å². The van der Waals surface area contributed by atoms with Crippen LogP contribution in [0, 0.1) is 0 Å². The number of nitrogens with zero attached hydrogens (tertiary/aromatic N) is 1. The van der Waals surface area contributed by atoms with Crippen LogP contribution in [0.1, 0.15) is 37.5 Å². The molecule has 2 atom stereocenters. The van der Waals surface area contributed by atoms with Crippen molar-refractivity contribution < 1.29 is 9.15 Å². The van der Waals surface area contributed by atoms with E-state index < -0.39 is 0 Å². The van der Waals surface area contributed by atoms with Crippen LogP contribution >= 0.6 is 0 Å². The minimum atomic E-state index is 0.121. The van der Waals surface area contributed by atoms with Gasteiger partial charge in [0.1, 0.15) is 6.10 Å². The number of likely N-dealkylation sites (N-methyl/N-ethyl adjacent to an activating group) is 1. The average Bonchev–Trinajstić information content (AvgIpc) is 2.83. The summed E-state index contributed by atoms with van der Waals surface area (Å²) in [6.07, 6.45) is 5.25. The van der Waals surface area contributed by atoms with Crippen molar-refractivity contribution in [2.75, 3.05) is 13.6 Å². The van der Waals surface area contributed by atoms with Crippen LogP contribution in [0.4, 0.5) is 0 Å². The highest BCUT2D eigenvalue weighted by Gasteiger charge is 2.26. The van der Waals surface area contributed by atoms with E-state index in [0.29, 0.717) is 6.10 Å². The van der Waals surface area contributed by atoms with E-state index in [0.717, 1.165) is 37.5 Å². The Balaban J connectivity index is 1.94. The van der Waals surface area contributed by atoms with Crippen LogP contribution in [-0.2, 0) is 11.2 Å². The fourth-order valence-electron chi connectivity index (χ4n) is 1.83. The van der Waals surface area contributed by atoms with E-state index in [9.17, 15) is 0 Å². The summed E-state index contributed by atoms with van der Waals surface area (Å²) < 4.78 is 11.4. The lowest BCUT2D eigenvalue weighted by atomic mass is 10.2. The molecule has 0 bridgehead atoms. The zero-order valence-corrected chi connectivity index (χ0v) is 9.32. The quantitative estimate of drug-likeness (QED) is 0.821. The molecule has 1 aromatic heterocycles. The molecular weight excluding hydrogens is 192 g/mol. The molecule has 0 spiro atoms. The molecule has 2 rings (SSSR count). The highest BCUT2D eigenvalue weighted by atomic mass is 16.5. The number of hydrogen-bond acceptors (Lipinski definition) is 4. The Labute approximate surface area is 90.0 Å². The van der Waals surface area contributed by atoms with Gasteiger partial charge in [0.2, 0.25) is 0 Å². The highest BCUT2D eigenvalue weighted by Crippen LogP contribution is 2.32. The summed E-state index contributed by atoms with van der Waals surface area (Å²) in [5, 5.41) is 3.07. The van der Waals surface area contributed by atoms with Crippen molar-refractivity contribution in [3.63, 3.8) is 0 Å². The molecule has 15 heavy (non-hydrogen) atoms. The summed E-state index contributed by atoms with van der Waals surface area (Å²) in [6.45, 7) is 2.99. The third kappa shape index (κ3) is 2.58. The normalized spacial score (nSPS) is 26.0. The predicted octanol–water partition coefficient (Wildman–Crippen LogP) is 1.68.